The maximum Gasteiger partial charge on any atom is 0.322 e. The molecule has 0 radical (unpaired) electrons. The number of hydrogen-bond acceptors (Lipinski definition) is 8. The monoisotopic (exact) mass is 546 g/mol. The fourth-order valence-corrected chi connectivity index (χ4v) is 4.13. The van der Waals surface area contributed by atoms with Crippen molar-refractivity contribution in [2.24, 2.45) is 5.41 Å². The second-order valence-corrected chi connectivity index (χ2v) is 10.1. The van der Waals surface area contributed by atoms with Gasteiger partial charge in [-0.3, -0.25) is 4.79 Å². The van der Waals surface area contributed by atoms with Crippen LogP contribution in [-0.4, -0.2) is 71.1 Å². The molecule has 1 amide bonds. The molecule has 4 aromatic rings. The molecule has 208 valence electrons. The topological polar surface area (TPSA) is 114 Å². The molecule has 1 saturated heterocycles. The van der Waals surface area contributed by atoms with E-state index in [1.807, 2.05) is 49.3 Å². The SMILES string of the molecule is CN(C)CCNC(=O)C1(C)COC(c2nc(-c3ccc(F)cc3)c(-c3ccnc(Oc4ccccc4)n3)[nH]2)OC1. The van der Waals surface area contributed by atoms with E-state index in [2.05, 4.69) is 20.3 Å². The Balaban J connectivity index is 1.39. The summed E-state index contributed by atoms with van der Waals surface area (Å²) < 4.78 is 31.5. The first-order chi connectivity index (χ1) is 19.3. The number of carbonyl (C=O) groups is 1. The second kappa shape index (κ2) is 11.9. The van der Waals surface area contributed by atoms with Crippen LogP contribution < -0.4 is 10.1 Å². The van der Waals surface area contributed by atoms with Crippen molar-refractivity contribution in [2.75, 3.05) is 40.4 Å². The number of likely N-dealkylation sites (N-methyl/N-ethyl adjacent to an activating group) is 1. The van der Waals surface area contributed by atoms with Crippen LogP contribution in [0.5, 0.6) is 11.8 Å². The molecule has 1 fully saturated rings. The first kappa shape index (κ1) is 27.4. The van der Waals surface area contributed by atoms with Gasteiger partial charge in [-0.25, -0.2) is 14.4 Å². The van der Waals surface area contributed by atoms with Crippen molar-refractivity contribution in [1.29, 1.82) is 0 Å². The highest BCUT2D eigenvalue weighted by Gasteiger charge is 2.40. The zero-order valence-electron chi connectivity index (χ0n) is 22.6. The Morgan fingerprint density at radius 2 is 1.82 bits per heavy atom. The van der Waals surface area contributed by atoms with Crippen LogP contribution in [0.25, 0.3) is 22.6 Å². The van der Waals surface area contributed by atoms with Gasteiger partial charge in [0, 0.05) is 24.8 Å². The predicted octanol–water partition coefficient (Wildman–Crippen LogP) is 4.19. The molecule has 5 rings (SSSR count). The van der Waals surface area contributed by atoms with Gasteiger partial charge in [-0.2, -0.15) is 4.98 Å². The fraction of sp³-hybridized carbons (Fsp3) is 0.310. The lowest BCUT2D eigenvalue weighted by atomic mass is 9.91. The molecule has 1 aliphatic rings. The summed E-state index contributed by atoms with van der Waals surface area (Å²) in [4.78, 5) is 31.6. The number of carbonyl (C=O) groups excluding carboxylic acids is 1. The standard InChI is InChI=1S/C29H31FN6O4/c1-29(27(37)31-15-16-36(2)3)17-38-26(39-18-29)25-34-23(19-9-11-20(30)12-10-19)24(35-25)22-13-14-32-28(33-22)40-21-7-5-4-6-8-21/h4-14,26H,15-18H2,1-3H3,(H,31,37)(H,34,35). The molecule has 2 aromatic heterocycles. The van der Waals surface area contributed by atoms with E-state index in [9.17, 15) is 9.18 Å². The maximum absolute atomic E-state index is 13.7. The van der Waals surface area contributed by atoms with E-state index in [0.29, 0.717) is 40.8 Å². The van der Waals surface area contributed by atoms with E-state index in [0.717, 1.165) is 6.54 Å². The van der Waals surface area contributed by atoms with Gasteiger partial charge in [0.1, 0.15) is 11.6 Å². The third-order valence-corrected chi connectivity index (χ3v) is 6.40. The molecule has 0 aliphatic carbocycles. The summed E-state index contributed by atoms with van der Waals surface area (Å²) in [5, 5.41) is 2.94. The molecule has 2 N–H and O–H groups in total. The van der Waals surface area contributed by atoms with Gasteiger partial charge in [0.05, 0.1) is 35.7 Å². The van der Waals surface area contributed by atoms with Crippen LogP contribution in [0, 0.1) is 11.2 Å². The number of imidazole rings is 1. The van der Waals surface area contributed by atoms with E-state index < -0.39 is 11.7 Å². The highest BCUT2D eigenvalue weighted by molar-refractivity contribution is 5.82. The summed E-state index contributed by atoms with van der Waals surface area (Å²) >= 11 is 0. The van der Waals surface area contributed by atoms with Crippen LogP contribution in [-0.2, 0) is 14.3 Å². The average molecular weight is 547 g/mol. The zero-order chi connectivity index (χ0) is 28.1. The number of aromatic nitrogens is 4. The number of nitrogens with one attached hydrogen (secondary N) is 2. The summed E-state index contributed by atoms with van der Waals surface area (Å²) in [6.07, 6.45) is 0.751. The van der Waals surface area contributed by atoms with E-state index in [-0.39, 0.29) is 30.9 Å². The molecule has 40 heavy (non-hydrogen) atoms. The Labute approximate surface area is 231 Å². The largest absolute Gasteiger partial charge is 0.424 e. The lowest BCUT2D eigenvalue weighted by Crippen LogP contribution is -2.49. The molecule has 2 aromatic carbocycles. The number of ether oxygens (including phenoxy) is 3. The number of nitrogens with zero attached hydrogens (tertiary/aromatic N) is 4. The van der Waals surface area contributed by atoms with Crippen LogP contribution in [0.4, 0.5) is 4.39 Å². The highest BCUT2D eigenvalue weighted by atomic mass is 19.1. The summed E-state index contributed by atoms with van der Waals surface area (Å²) in [7, 11) is 3.89. The Hall–Kier alpha value is -4.19. The van der Waals surface area contributed by atoms with E-state index in [1.165, 1.54) is 12.1 Å². The third-order valence-electron chi connectivity index (χ3n) is 6.40. The summed E-state index contributed by atoms with van der Waals surface area (Å²) in [5.41, 5.74) is 1.43. The van der Waals surface area contributed by atoms with Gasteiger partial charge >= 0.3 is 6.01 Å². The molecule has 3 heterocycles. The number of aromatic amines is 1. The van der Waals surface area contributed by atoms with Crippen LogP contribution in [0.3, 0.4) is 0 Å². The van der Waals surface area contributed by atoms with Crippen LogP contribution in [0.15, 0.2) is 66.9 Å². The highest BCUT2D eigenvalue weighted by Crippen LogP contribution is 2.36. The number of H-pyrrole nitrogens is 1. The first-order valence-electron chi connectivity index (χ1n) is 12.9. The summed E-state index contributed by atoms with van der Waals surface area (Å²) in [5.74, 6) is 0.505. The number of amides is 1. The minimum atomic E-state index is -0.839. The molecule has 0 spiro atoms. The molecular formula is C29H31FN6O4. The number of rotatable bonds is 9. The van der Waals surface area contributed by atoms with Crippen LogP contribution in [0.2, 0.25) is 0 Å². The fourth-order valence-electron chi connectivity index (χ4n) is 4.13. The van der Waals surface area contributed by atoms with Crippen molar-refractivity contribution < 1.29 is 23.4 Å². The van der Waals surface area contributed by atoms with E-state index >= 15 is 0 Å². The lowest BCUT2D eigenvalue weighted by Gasteiger charge is -2.35. The molecule has 10 nitrogen and oxygen atoms in total. The van der Waals surface area contributed by atoms with Gasteiger partial charge in [-0.1, -0.05) is 18.2 Å². The van der Waals surface area contributed by atoms with Gasteiger partial charge in [-0.15, -0.1) is 0 Å². The summed E-state index contributed by atoms with van der Waals surface area (Å²) in [6.45, 7) is 3.36. The third kappa shape index (κ3) is 6.33. The lowest BCUT2D eigenvalue weighted by molar-refractivity contribution is -0.231. The minimum Gasteiger partial charge on any atom is -0.424 e. The smallest absolute Gasteiger partial charge is 0.322 e. The molecule has 0 bridgehead atoms. The average Bonchev–Trinajstić information content (AvgIpc) is 3.40. The Morgan fingerprint density at radius 3 is 2.52 bits per heavy atom. The molecular weight excluding hydrogens is 515 g/mol. The Morgan fingerprint density at radius 1 is 1.10 bits per heavy atom. The molecule has 1 aliphatic heterocycles. The van der Waals surface area contributed by atoms with E-state index in [4.69, 9.17) is 19.2 Å². The quantitative estimate of drug-likeness (QED) is 0.321. The van der Waals surface area contributed by atoms with Gasteiger partial charge in [0.15, 0.2) is 5.82 Å². The summed E-state index contributed by atoms with van der Waals surface area (Å²) in [6, 6.07) is 17.1. The van der Waals surface area contributed by atoms with Gasteiger partial charge in [0.2, 0.25) is 12.2 Å². The number of halogens is 1. The number of benzene rings is 2. The van der Waals surface area contributed by atoms with Gasteiger partial charge in [-0.05, 0) is 63.5 Å². The minimum absolute atomic E-state index is 0.133. The second-order valence-electron chi connectivity index (χ2n) is 10.1. The number of hydrogen-bond donors (Lipinski definition) is 2. The Bertz CT molecular complexity index is 1440. The predicted molar refractivity (Wildman–Crippen MR) is 146 cm³/mol. The van der Waals surface area contributed by atoms with Gasteiger partial charge < -0.3 is 29.4 Å². The van der Waals surface area contributed by atoms with Crippen molar-refractivity contribution in [3.8, 4) is 34.4 Å². The Kier molecular flexibility index (Phi) is 8.15. The molecule has 0 unspecified atom stereocenters. The van der Waals surface area contributed by atoms with Crippen molar-refractivity contribution in [2.45, 2.75) is 13.2 Å². The van der Waals surface area contributed by atoms with Crippen LogP contribution in [0.1, 0.15) is 19.0 Å². The van der Waals surface area contributed by atoms with Crippen molar-refractivity contribution >= 4 is 5.91 Å². The number of para-hydroxylation sites is 1. The molecule has 0 atom stereocenters. The van der Waals surface area contributed by atoms with E-state index in [1.54, 1.807) is 31.3 Å². The normalized spacial score (nSPS) is 19.0. The maximum atomic E-state index is 13.7. The molecule has 11 heteroatoms. The molecule has 0 saturated carbocycles. The zero-order valence-corrected chi connectivity index (χ0v) is 22.6. The first-order valence-corrected chi connectivity index (χ1v) is 12.9. The van der Waals surface area contributed by atoms with Crippen LogP contribution >= 0.6 is 0 Å². The van der Waals surface area contributed by atoms with Crippen molar-refractivity contribution in [3.63, 3.8) is 0 Å². The van der Waals surface area contributed by atoms with Crippen molar-refractivity contribution in [3.05, 3.63) is 78.5 Å². The van der Waals surface area contributed by atoms with Crippen molar-refractivity contribution in [1.82, 2.24) is 30.2 Å². The van der Waals surface area contributed by atoms with Gasteiger partial charge in [0.25, 0.3) is 0 Å².